The molecular weight excluding hydrogens is 389 g/mol. The van der Waals surface area contributed by atoms with Gasteiger partial charge in [0, 0.05) is 4.47 Å². The highest BCUT2D eigenvalue weighted by atomic mass is 79.9. The van der Waals surface area contributed by atoms with Crippen LogP contribution in [0.1, 0.15) is 24.9 Å². The summed E-state index contributed by atoms with van der Waals surface area (Å²) in [6.45, 7) is 1.85. The number of aliphatic hydroxyl groups excluding tert-OH is 1. The molecule has 18 heavy (non-hydrogen) atoms. The average molecular weight is 406 g/mol. The largest absolute Gasteiger partial charge is 0.503 e. The molecule has 4 N–H and O–H groups in total. The van der Waals surface area contributed by atoms with E-state index in [9.17, 15) is 10.2 Å². The first-order valence-corrected chi connectivity index (χ1v) is 6.71. The number of methoxy groups -OCH3 is 1. The quantitative estimate of drug-likeness (QED) is 0.720. The first kappa shape index (κ1) is 18.0. The normalized spacial score (nSPS) is 13.7. The molecule has 0 fully saturated rings. The van der Waals surface area contributed by atoms with Crippen LogP contribution in [0.15, 0.2) is 15.0 Å². The summed E-state index contributed by atoms with van der Waals surface area (Å²) in [4.78, 5) is 0. The van der Waals surface area contributed by atoms with Crippen molar-refractivity contribution in [2.45, 2.75) is 25.5 Å². The Morgan fingerprint density at radius 2 is 1.94 bits per heavy atom. The van der Waals surface area contributed by atoms with Crippen molar-refractivity contribution in [3.8, 4) is 11.5 Å². The van der Waals surface area contributed by atoms with Crippen molar-refractivity contribution in [3.05, 3.63) is 20.6 Å². The van der Waals surface area contributed by atoms with Crippen LogP contribution in [0, 0.1) is 0 Å². The molecule has 0 aliphatic carbocycles. The van der Waals surface area contributed by atoms with Gasteiger partial charge in [0.25, 0.3) is 0 Å². The Morgan fingerprint density at radius 3 is 2.39 bits per heavy atom. The summed E-state index contributed by atoms with van der Waals surface area (Å²) in [6, 6.07) is 1.08. The Balaban J connectivity index is 0.00000289. The molecule has 0 saturated heterocycles. The summed E-state index contributed by atoms with van der Waals surface area (Å²) in [6.07, 6.45) is -0.0959. The van der Waals surface area contributed by atoms with Crippen molar-refractivity contribution in [2.75, 3.05) is 7.11 Å². The van der Waals surface area contributed by atoms with Crippen LogP contribution in [-0.4, -0.2) is 23.4 Å². The molecule has 0 saturated carbocycles. The number of phenols is 1. The highest BCUT2D eigenvalue weighted by molar-refractivity contribution is 9.13. The summed E-state index contributed by atoms with van der Waals surface area (Å²) in [5.74, 6) is 0.315. The lowest BCUT2D eigenvalue weighted by atomic mass is 10.0. The lowest BCUT2D eigenvalue weighted by Gasteiger charge is -2.21. The Labute approximate surface area is 129 Å². The van der Waals surface area contributed by atoms with Gasteiger partial charge < -0.3 is 20.7 Å². The van der Waals surface area contributed by atoms with Crippen LogP contribution in [0.3, 0.4) is 0 Å². The van der Waals surface area contributed by atoms with Crippen LogP contribution in [0.5, 0.6) is 11.5 Å². The lowest BCUT2D eigenvalue weighted by Crippen LogP contribution is -2.25. The Bertz CT molecular complexity index is 418. The first-order valence-electron chi connectivity index (χ1n) is 5.12. The molecule has 0 aliphatic heterocycles. The number of hydrogen-bond acceptors (Lipinski definition) is 4. The zero-order chi connectivity index (χ0) is 13.2. The minimum Gasteiger partial charge on any atom is -0.503 e. The maximum atomic E-state index is 9.78. The number of ether oxygens (including phenoxy) is 1. The molecule has 0 aromatic heterocycles. The number of halogens is 3. The lowest BCUT2D eigenvalue weighted by molar-refractivity contribution is 0.140. The van der Waals surface area contributed by atoms with E-state index in [4.69, 9.17) is 10.5 Å². The molecule has 0 aliphatic rings. The predicted molar refractivity (Wildman–Crippen MR) is 80.5 cm³/mol. The van der Waals surface area contributed by atoms with Crippen molar-refractivity contribution < 1.29 is 14.9 Å². The number of benzene rings is 1. The molecule has 1 aromatic rings. The molecule has 0 heterocycles. The van der Waals surface area contributed by atoms with Gasteiger partial charge in [-0.25, -0.2) is 0 Å². The maximum absolute atomic E-state index is 9.78. The van der Waals surface area contributed by atoms with Crippen LogP contribution in [0.2, 0.25) is 0 Å². The van der Waals surface area contributed by atoms with Crippen molar-refractivity contribution >= 4 is 44.3 Å². The zero-order valence-electron chi connectivity index (χ0n) is 9.98. The minimum atomic E-state index is -0.646. The van der Waals surface area contributed by atoms with Crippen LogP contribution < -0.4 is 10.5 Å². The number of aromatic hydroxyl groups is 1. The molecule has 0 radical (unpaired) electrons. The van der Waals surface area contributed by atoms with Gasteiger partial charge in [-0.1, -0.05) is 6.92 Å². The van der Waals surface area contributed by atoms with Crippen molar-refractivity contribution in [1.82, 2.24) is 0 Å². The minimum absolute atomic E-state index is 0. The summed E-state index contributed by atoms with van der Waals surface area (Å²) in [5, 5.41) is 19.5. The van der Waals surface area contributed by atoms with Crippen LogP contribution >= 0.6 is 44.3 Å². The van der Waals surface area contributed by atoms with E-state index < -0.39 is 12.1 Å². The Hall–Kier alpha value is -0.01000. The molecule has 2 atom stereocenters. The van der Waals surface area contributed by atoms with Gasteiger partial charge in [-0.2, -0.15) is 0 Å². The molecule has 1 aromatic carbocycles. The third kappa shape index (κ3) is 3.51. The number of hydrogen-bond donors (Lipinski definition) is 3. The fourth-order valence-electron chi connectivity index (χ4n) is 1.47. The van der Waals surface area contributed by atoms with E-state index >= 15 is 0 Å². The molecule has 104 valence electrons. The Morgan fingerprint density at radius 1 is 1.39 bits per heavy atom. The van der Waals surface area contributed by atoms with E-state index in [1.807, 2.05) is 6.92 Å². The second-order valence-electron chi connectivity index (χ2n) is 3.65. The second-order valence-corrected chi connectivity index (χ2v) is 5.23. The predicted octanol–water partition coefficient (Wildman–Crippen LogP) is 3.12. The monoisotopic (exact) mass is 403 g/mol. The van der Waals surface area contributed by atoms with E-state index in [0.29, 0.717) is 26.7 Å². The van der Waals surface area contributed by atoms with Crippen LogP contribution in [-0.2, 0) is 0 Å². The van der Waals surface area contributed by atoms with Gasteiger partial charge in [0.15, 0.2) is 11.5 Å². The van der Waals surface area contributed by atoms with Crippen molar-refractivity contribution in [1.29, 1.82) is 0 Å². The smallest absolute Gasteiger partial charge is 0.173 e. The van der Waals surface area contributed by atoms with Crippen LogP contribution in [0.25, 0.3) is 0 Å². The van der Waals surface area contributed by atoms with Gasteiger partial charge in [-0.05, 0) is 49.9 Å². The van der Waals surface area contributed by atoms with Gasteiger partial charge in [0.1, 0.15) is 0 Å². The van der Waals surface area contributed by atoms with E-state index in [1.165, 1.54) is 7.11 Å². The number of phenolic OH excluding ortho intramolecular Hbond substituents is 1. The average Bonchev–Trinajstić information content (AvgIpc) is 2.34. The molecule has 0 bridgehead atoms. The van der Waals surface area contributed by atoms with E-state index in [0.717, 1.165) is 0 Å². The van der Waals surface area contributed by atoms with Crippen LogP contribution in [0.4, 0.5) is 0 Å². The van der Waals surface area contributed by atoms with Gasteiger partial charge in [-0.3, -0.25) is 0 Å². The summed E-state index contributed by atoms with van der Waals surface area (Å²) in [7, 11) is 1.46. The fourth-order valence-corrected chi connectivity index (χ4v) is 2.46. The summed E-state index contributed by atoms with van der Waals surface area (Å²) >= 11 is 6.59. The summed E-state index contributed by atoms with van der Waals surface area (Å²) < 4.78 is 6.13. The standard InChI is InChI=1S/C11H15Br2NO3.ClH/c1-3-6(15)10(14)5-4-7(17-2)11(16)9(13)8(5)12;/h4,6,10,15-16H,3,14H2,1-2H3;1H/t6-,10+;/m0./s1. The fraction of sp³-hybridized carbons (Fsp3) is 0.455. The number of nitrogens with two attached hydrogens (primary N) is 1. The molecule has 0 amide bonds. The van der Waals surface area contributed by atoms with E-state index in [1.54, 1.807) is 6.07 Å². The number of rotatable bonds is 4. The van der Waals surface area contributed by atoms with Crippen molar-refractivity contribution in [2.24, 2.45) is 5.73 Å². The SMILES string of the molecule is CC[C@H](O)[C@H](N)c1cc(OC)c(O)c(Br)c1Br.Cl. The van der Waals surface area contributed by atoms with Gasteiger partial charge in [-0.15, -0.1) is 12.4 Å². The Kier molecular flexibility index (Phi) is 7.54. The van der Waals surface area contributed by atoms with E-state index in [-0.39, 0.29) is 18.2 Å². The van der Waals surface area contributed by atoms with Crippen molar-refractivity contribution in [3.63, 3.8) is 0 Å². The topological polar surface area (TPSA) is 75.7 Å². The zero-order valence-corrected chi connectivity index (χ0v) is 14.0. The highest BCUT2D eigenvalue weighted by Crippen LogP contribution is 2.43. The molecule has 1 rings (SSSR count). The third-order valence-electron chi connectivity index (χ3n) is 2.59. The molecule has 0 unspecified atom stereocenters. The van der Waals surface area contributed by atoms with Gasteiger partial charge >= 0.3 is 0 Å². The number of aliphatic hydroxyl groups is 1. The van der Waals surface area contributed by atoms with Gasteiger partial charge in [0.2, 0.25) is 0 Å². The first-order chi connectivity index (χ1) is 7.93. The molecule has 4 nitrogen and oxygen atoms in total. The van der Waals surface area contributed by atoms with Gasteiger partial charge in [0.05, 0.1) is 23.7 Å². The molecule has 0 spiro atoms. The third-order valence-corrected chi connectivity index (χ3v) is 4.74. The maximum Gasteiger partial charge on any atom is 0.173 e. The highest BCUT2D eigenvalue weighted by Gasteiger charge is 2.22. The van der Waals surface area contributed by atoms with E-state index in [2.05, 4.69) is 31.9 Å². The molecule has 7 heteroatoms. The second kappa shape index (κ2) is 7.55. The molecular formula is C11H16Br2ClNO3. The summed E-state index contributed by atoms with van der Waals surface area (Å²) in [5.41, 5.74) is 6.64.